The average Bonchev–Trinajstić information content (AvgIpc) is 3.41. The molecule has 1 atom stereocenters. The van der Waals surface area contributed by atoms with Gasteiger partial charge in [-0.25, -0.2) is 9.18 Å². The third kappa shape index (κ3) is 4.33. The molecule has 1 aliphatic heterocycles. The molecule has 35 heavy (non-hydrogen) atoms. The summed E-state index contributed by atoms with van der Waals surface area (Å²) in [5.74, 6) is -2.10. The number of esters is 1. The number of ether oxygens (including phenoxy) is 1. The average molecular weight is 533 g/mol. The van der Waals surface area contributed by atoms with E-state index in [1.807, 2.05) is 0 Å². The number of aryl methyl sites for hydroxylation is 1. The van der Waals surface area contributed by atoms with E-state index in [1.54, 1.807) is 6.92 Å². The molecule has 0 aromatic heterocycles. The number of methoxy groups -OCH3 is 1. The van der Waals surface area contributed by atoms with Gasteiger partial charge in [-0.1, -0.05) is 34.4 Å². The fourth-order valence-corrected chi connectivity index (χ4v) is 4.42. The summed E-state index contributed by atoms with van der Waals surface area (Å²) in [6.45, 7) is 1.60. The lowest BCUT2D eigenvalue weighted by molar-refractivity contribution is -0.275. The quantitative estimate of drug-likeness (QED) is 0.315. The van der Waals surface area contributed by atoms with Crippen LogP contribution in [-0.2, 0) is 20.0 Å². The Morgan fingerprint density at radius 3 is 2.29 bits per heavy atom. The first-order valence-corrected chi connectivity index (χ1v) is 11.1. The smallest absolute Gasteiger partial charge is 0.435 e. The van der Waals surface area contributed by atoms with Gasteiger partial charge >= 0.3 is 12.1 Å². The lowest BCUT2D eigenvalue weighted by Gasteiger charge is -2.29. The van der Waals surface area contributed by atoms with Gasteiger partial charge in [0.2, 0.25) is 0 Å². The second-order valence-electron chi connectivity index (χ2n) is 8.44. The van der Waals surface area contributed by atoms with Crippen molar-refractivity contribution in [3.63, 3.8) is 0 Å². The second-order valence-corrected chi connectivity index (χ2v) is 9.26. The summed E-state index contributed by atoms with van der Waals surface area (Å²) in [6.07, 6.45) is -4.77. The number of carbonyl (C=O) groups is 2. The van der Waals surface area contributed by atoms with Crippen LogP contribution in [-0.4, -0.2) is 36.4 Å². The van der Waals surface area contributed by atoms with E-state index < -0.39 is 57.0 Å². The number of amides is 1. The maximum Gasteiger partial charge on any atom is 0.435 e. The molecule has 12 heteroatoms. The molecule has 0 saturated heterocycles. The Morgan fingerprint density at radius 2 is 1.77 bits per heavy atom. The van der Waals surface area contributed by atoms with E-state index in [0.29, 0.717) is 24.0 Å². The van der Waals surface area contributed by atoms with Gasteiger partial charge in [0.1, 0.15) is 5.54 Å². The minimum absolute atomic E-state index is 0.0397. The molecule has 0 radical (unpaired) electrons. The number of hydrogen-bond donors (Lipinski definition) is 1. The summed E-state index contributed by atoms with van der Waals surface area (Å²) in [5.41, 5.74) is -3.54. The van der Waals surface area contributed by atoms with Gasteiger partial charge in [-0.05, 0) is 55.2 Å². The molecule has 4 rings (SSSR count). The summed E-state index contributed by atoms with van der Waals surface area (Å²) < 4.78 is 61.1. The van der Waals surface area contributed by atoms with Crippen molar-refractivity contribution in [3.05, 3.63) is 68.4 Å². The van der Waals surface area contributed by atoms with E-state index in [-0.39, 0.29) is 11.3 Å². The van der Waals surface area contributed by atoms with Crippen LogP contribution in [0.3, 0.4) is 0 Å². The molecule has 2 aromatic carbocycles. The molecule has 1 saturated carbocycles. The number of halogens is 6. The molecule has 0 bridgehead atoms. The summed E-state index contributed by atoms with van der Waals surface area (Å²) in [6, 6.07) is 5.96. The predicted molar refractivity (Wildman–Crippen MR) is 119 cm³/mol. The SMILES string of the molecule is COC(=O)C1(NC(=O)c2ccc(C3=NOC(c4cc(Cl)c(F)c(Cl)c4)(C(F)(F)F)C3)cc2C)CC1. The first kappa shape index (κ1) is 25.2. The number of nitrogens with one attached hydrogen (secondary N) is 1. The van der Waals surface area contributed by atoms with Crippen molar-refractivity contribution < 1.29 is 36.7 Å². The molecule has 1 amide bonds. The molecule has 1 N–H and O–H groups in total. The molecule has 2 aliphatic rings. The van der Waals surface area contributed by atoms with Crippen LogP contribution in [0.4, 0.5) is 17.6 Å². The molecule has 1 fully saturated rings. The third-order valence-electron chi connectivity index (χ3n) is 6.12. The van der Waals surface area contributed by atoms with Gasteiger partial charge in [0.25, 0.3) is 11.5 Å². The van der Waals surface area contributed by atoms with Crippen molar-refractivity contribution in [3.8, 4) is 0 Å². The van der Waals surface area contributed by atoms with Crippen LogP contribution < -0.4 is 5.32 Å². The van der Waals surface area contributed by atoms with Crippen LogP contribution in [0, 0.1) is 12.7 Å². The van der Waals surface area contributed by atoms with Crippen LogP contribution in [0.2, 0.25) is 10.0 Å². The number of rotatable bonds is 5. The van der Waals surface area contributed by atoms with Crippen LogP contribution >= 0.6 is 23.2 Å². The van der Waals surface area contributed by atoms with Crippen molar-refractivity contribution in [1.82, 2.24) is 5.32 Å². The third-order valence-corrected chi connectivity index (χ3v) is 6.67. The summed E-state index contributed by atoms with van der Waals surface area (Å²) in [7, 11) is 1.23. The van der Waals surface area contributed by atoms with E-state index in [4.69, 9.17) is 32.8 Å². The van der Waals surface area contributed by atoms with Crippen molar-refractivity contribution >= 4 is 40.8 Å². The highest BCUT2D eigenvalue weighted by atomic mass is 35.5. The highest BCUT2D eigenvalue weighted by molar-refractivity contribution is 6.35. The van der Waals surface area contributed by atoms with Crippen molar-refractivity contribution in [2.45, 2.75) is 43.5 Å². The normalized spacial score (nSPS) is 20.6. The number of alkyl halides is 3. The Morgan fingerprint density at radius 1 is 1.14 bits per heavy atom. The lowest BCUT2D eigenvalue weighted by atomic mass is 9.86. The summed E-state index contributed by atoms with van der Waals surface area (Å²) in [5, 5.41) is 5.15. The van der Waals surface area contributed by atoms with Gasteiger partial charge in [0, 0.05) is 17.5 Å². The number of hydrogen-bond acceptors (Lipinski definition) is 5. The zero-order chi connectivity index (χ0) is 25.8. The standard InChI is InChI=1S/C23H18Cl2F4N2O4/c1-11-7-12(3-4-14(11)19(32)30-21(5-6-21)20(33)34-2)17-10-22(35-31-17,23(27,28)29)13-8-15(24)18(26)16(25)9-13/h3-4,7-9H,5-6,10H2,1-2H3,(H,30,32). The molecule has 1 heterocycles. The Bertz CT molecular complexity index is 1240. The lowest BCUT2D eigenvalue weighted by Crippen LogP contribution is -2.44. The fourth-order valence-electron chi connectivity index (χ4n) is 3.93. The number of benzene rings is 2. The van der Waals surface area contributed by atoms with Crippen LogP contribution in [0.25, 0.3) is 0 Å². The molecule has 1 aliphatic carbocycles. The van der Waals surface area contributed by atoms with Crippen LogP contribution in [0.15, 0.2) is 35.5 Å². The second kappa shape index (κ2) is 8.67. The van der Waals surface area contributed by atoms with Crippen molar-refractivity contribution in [1.29, 1.82) is 0 Å². The molecule has 2 aromatic rings. The first-order chi connectivity index (χ1) is 16.3. The monoisotopic (exact) mass is 532 g/mol. The topological polar surface area (TPSA) is 77.0 Å². The first-order valence-electron chi connectivity index (χ1n) is 10.3. The van der Waals surface area contributed by atoms with Crippen molar-refractivity contribution in [2.75, 3.05) is 7.11 Å². The Balaban J connectivity index is 1.60. The molecular weight excluding hydrogens is 515 g/mol. The van der Waals surface area contributed by atoms with E-state index in [1.165, 1.54) is 25.3 Å². The van der Waals surface area contributed by atoms with Gasteiger partial charge in [0.15, 0.2) is 5.82 Å². The van der Waals surface area contributed by atoms with Gasteiger partial charge in [0.05, 0.1) is 22.9 Å². The van der Waals surface area contributed by atoms with Gasteiger partial charge in [-0.2, -0.15) is 13.2 Å². The predicted octanol–water partition coefficient (Wildman–Crippen LogP) is 5.46. The van der Waals surface area contributed by atoms with Crippen molar-refractivity contribution in [2.24, 2.45) is 5.16 Å². The molecule has 1 unspecified atom stereocenters. The zero-order valence-corrected chi connectivity index (χ0v) is 19.9. The fraction of sp³-hybridized carbons (Fsp3) is 0.348. The largest absolute Gasteiger partial charge is 0.467 e. The maximum absolute atomic E-state index is 14.2. The molecule has 0 spiro atoms. The van der Waals surface area contributed by atoms with Crippen LogP contribution in [0.5, 0.6) is 0 Å². The maximum atomic E-state index is 14.2. The van der Waals surface area contributed by atoms with Gasteiger partial charge < -0.3 is 14.9 Å². The minimum atomic E-state index is -4.94. The summed E-state index contributed by atoms with van der Waals surface area (Å²) in [4.78, 5) is 29.5. The molecular formula is C23H18Cl2F4N2O4. The van der Waals surface area contributed by atoms with Crippen LogP contribution in [0.1, 0.15) is 46.3 Å². The number of oxime groups is 1. The summed E-state index contributed by atoms with van der Waals surface area (Å²) >= 11 is 11.4. The van der Waals surface area contributed by atoms with E-state index in [9.17, 15) is 27.2 Å². The highest BCUT2D eigenvalue weighted by Crippen LogP contribution is 2.50. The van der Waals surface area contributed by atoms with E-state index >= 15 is 0 Å². The number of carbonyl (C=O) groups excluding carboxylic acids is 2. The van der Waals surface area contributed by atoms with E-state index in [2.05, 4.69) is 10.5 Å². The Hall–Kier alpha value is -2.85. The molecule has 6 nitrogen and oxygen atoms in total. The zero-order valence-electron chi connectivity index (χ0n) is 18.4. The van der Waals surface area contributed by atoms with Gasteiger partial charge in [-0.15, -0.1) is 0 Å². The van der Waals surface area contributed by atoms with Gasteiger partial charge in [-0.3, -0.25) is 4.79 Å². The Kier molecular flexibility index (Phi) is 6.25. The molecule has 186 valence electrons. The Labute approximate surface area is 207 Å². The number of nitrogens with zero attached hydrogens (tertiary/aromatic N) is 1. The van der Waals surface area contributed by atoms with E-state index in [0.717, 1.165) is 12.1 Å². The minimum Gasteiger partial charge on any atom is -0.467 e. The highest BCUT2D eigenvalue weighted by Gasteiger charge is 2.62.